The molecule has 3 rings (SSSR count). The van der Waals surface area contributed by atoms with E-state index in [1.165, 1.54) is 5.56 Å². The van der Waals surface area contributed by atoms with Gasteiger partial charge in [0.25, 0.3) is 5.91 Å². The van der Waals surface area contributed by atoms with Crippen LogP contribution in [0.3, 0.4) is 0 Å². The molecule has 5 heteroatoms. The lowest BCUT2D eigenvalue weighted by Crippen LogP contribution is -2.43. The summed E-state index contributed by atoms with van der Waals surface area (Å²) in [6.45, 7) is 4.07. The maximum Gasteiger partial charge on any atom is 0.289 e. The van der Waals surface area contributed by atoms with Gasteiger partial charge >= 0.3 is 0 Å². The van der Waals surface area contributed by atoms with E-state index >= 15 is 0 Å². The van der Waals surface area contributed by atoms with Crippen LogP contribution >= 0.6 is 12.4 Å². The molecule has 1 N–H and O–H groups in total. The normalized spacial score (nSPS) is 14.9. The number of carbonyl (C=O) groups is 1. The van der Waals surface area contributed by atoms with Crippen LogP contribution in [-0.2, 0) is 6.42 Å². The number of amides is 1. The Hall–Kier alpha value is -1.78. The number of nitrogens with one attached hydrogen (secondary N) is 1. The molecule has 0 atom stereocenters. The van der Waals surface area contributed by atoms with Crippen LogP contribution in [0.5, 0.6) is 0 Å². The highest BCUT2D eigenvalue weighted by Crippen LogP contribution is 2.24. The number of rotatable bonds is 4. The molecule has 1 saturated heterocycles. The quantitative estimate of drug-likeness (QED) is 0.915. The molecule has 1 aliphatic rings. The molecule has 1 aliphatic heterocycles. The van der Waals surface area contributed by atoms with Gasteiger partial charge in [-0.15, -0.1) is 12.4 Å². The maximum absolute atomic E-state index is 12.6. The number of furan rings is 1. The Morgan fingerprint density at radius 3 is 2.46 bits per heavy atom. The average Bonchev–Trinajstić information content (AvgIpc) is 3.11. The van der Waals surface area contributed by atoms with Crippen LogP contribution in [0.1, 0.15) is 35.9 Å². The van der Waals surface area contributed by atoms with Gasteiger partial charge in [-0.05, 0) is 50.0 Å². The second kappa shape index (κ2) is 8.36. The van der Waals surface area contributed by atoms with E-state index in [1.807, 2.05) is 30.1 Å². The first kappa shape index (κ1) is 18.6. The van der Waals surface area contributed by atoms with E-state index in [1.54, 1.807) is 6.07 Å². The summed E-state index contributed by atoms with van der Waals surface area (Å²) in [5, 5.41) is 3.32. The van der Waals surface area contributed by atoms with Crippen LogP contribution < -0.4 is 5.32 Å². The van der Waals surface area contributed by atoms with E-state index in [9.17, 15) is 4.79 Å². The Balaban J connectivity index is 0.00000208. The van der Waals surface area contributed by atoms with Crippen LogP contribution in [0.25, 0.3) is 11.3 Å². The minimum atomic E-state index is -0.0340. The van der Waals surface area contributed by atoms with Crippen molar-refractivity contribution < 1.29 is 9.21 Å². The SMILES string of the molecule is CCc1ccc(-c2ccc(C(=O)N(C)C3CCNCC3)o2)cc1.Cl. The van der Waals surface area contributed by atoms with E-state index in [-0.39, 0.29) is 18.3 Å². The number of halogens is 1. The fourth-order valence-corrected chi connectivity index (χ4v) is 3.05. The maximum atomic E-state index is 12.6. The summed E-state index contributed by atoms with van der Waals surface area (Å²) >= 11 is 0. The van der Waals surface area contributed by atoms with Crippen LogP contribution in [0, 0.1) is 0 Å². The minimum Gasteiger partial charge on any atom is -0.451 e. The molecule has 24 heavy (non-hydrogen) atoms. The third-order valence-electron chi connectivity index (χ3n) is 4.64. The molecule has 2 heterocycles. The fraction of sp³-hybridized carbons (Fsp3) is 0.421. The molecule has 0 unspecified atom stereocenters. The second-order valence-corrected chi connectivity index (χ2v) is 6.11. The summed E-state index contributed by atoms with van der Waals surface area (Å²) in [5.74, 6) is 1.13. The van der Waals surface area contributed by atoms with E-state index in [0.29, 0.717) is 11.8 Å². The summed E-state index contributed by atoms with van der Waals surface area (Å²) in [6.07, 6.45) is 3.01. The molecule has 0 spiro atoms. The van der Waals surface area contributed by atoms with Crippen LogP contribution in [-0.4, -0.2) is 37.0 Å². The van der Waals surface area contributed by atoms with Crippen LogP contribution in [0.2, 0.25) is 0 Å². The predicted octanol–water partition coefficient (Wildman–Crippen LogP) is 3.75. The second-order valence-electron chi connectivity index (χ2n) is 6.11. The molecule has 1 fully saturated rings. The number of hydrogen-bond donors (Lipinski definition) is 1. The lowest BCUT2D eigenvalue weighted by Gasteiger charge is -2.31. The third-order valence-corrected chi connectivity index (χ3v) is 4.64. The highest BCUT2D eigenvalue weighted by atomic mass is 35.5. The Labute approximate surface area is 149 Å². The highest BCUT2D eigenvalue weighted by Gasteiger charge is 2.24. The zero-order valence-electron chi connectivity index (χ0n) is 14.2. The number of benzene rings is 1. The molecule has 0 bridgehead atoms. The van der Waals surface area contributed by atoms with Gasteiger partial charge in [0.2, 0.25) is 0 Å². The van der Waals surface area contributed by atoms with Crippen LogP contribution in [0.15, 0.2) is 40.8 Å². The molecule has 4 nitrogen and oxygen atoms in total. The first-order valence-electron chi connectivity index (χ1n) is 8.36. The Bertz CT molecular complexity index is 660. The van der Waals surface area contributed by atoms with Gasteiger partial charge in [0.1, 0.15) is 5.76 Å². The highest BCUT2D eigenvalue weighted by molar-refractivity contribution is 5.92. The van der Waals surface area contributed by atoms with Crippen molar-refractivity contribution in [3.8, 4) is 11.3 Å². The average molecular weight is 349 g/mol. The van der Waals surface area contributed by atoms with Gasteiger partial charge in [0.05, 0.1) is 0 Å². The van der Waals surface area contributed by atoms with Gasteiger partial charge in [0, 0.05) is 18.7 Å². The molecule has 1 aromatic heterocycles. The number of aryl methyl sites for hydroxylation is 1. The van der Waals surface area contributed by atoms with Gasteiger partial charge in [-0.2, -0.15) is 0 Å². The summed E-state index contributed by atoms with van der Waals surface area (Å²) in [6, 6.07) is 12.2. The van der Waals surface area contributed by atoms with Crippen molar-refractivity contribution in [2.24, 2.45) is 0 Å². The molecule has 1 amide bonds. The predicted molar refractivity (Wildman–Crippen MR) is 98.8 cm³/mol. The molecule has 1 aromatic carbocycles. The molecular formula is C19H25ClN2O2. The van der Waals surface area contributed by atoms with Crippen molar-refractivity contribution in [3.63, 3.8) is 0 Å². The van der Waals surface area contributed by atoms with E-state index in [4.69, 9.17) is 4.42 Å². The summed E-state index contributed by atoms with van der Waals surface area (Å²) in [7, 11) is 1.87. The van der Waals surface area contributed by atoms with E-state index in [0.717, 1.165) is 43.7 Å². The van der Waals surface area contributed by atoms with Gasteiger partial charge in [-0.25, -0.2) is 0 Å². The van der Waals surface area contributed by atoms with Crippen molar-refractivity contribution in [1.82, 2.24) is 10.2 Å². The van der Waals surface area contributed by atoms with Gasteiger partial charge < -0.3 is 14.6 Å². The van der Waals surface area contributed by atoms with Crippen molar-refractivity contribution >= 4 is 18.3 Å². The number of carbonyl (C=O) groups excluding carboxylic acids is 1. The fourth-order valence-electron chi connectivity index (χ4n) is 3.05. The van der Waals surface area contributed by atoms with Crippen LogP contribution in [0.4, 0.5) is 0 Å². The standard InChI is InChI=1S/C19H24N2O2.ClH/c1-3-14-4-6-15(7-5-14)17-8-9-18(23-17)19(22)21(2)16-10-12-20-13-11-16;/h4-9,16,20H,3,10-13H2,1-2H3;1H. The third kappa shape index (κ3) is 4.00. The monoisotopic (exact) mass is 348 g/mol. The Morgan fingerprint density at radius 1 is 1.17 bits per heavy atom. The molecule has 0 aliphatic carbocycles. The first-order valence-corrected chi connectivity index (χ1v) is 8.36. The zero-order valence-corrected chi connectivity index (χ0v) is 15.1. The minimum absolute atomic E-state index is 0. The molecule has 130 valence electrons. The largest absolute Gasteiger partial charge is 0.451 e. The molecule has 0 radical (unpaired) electrons. The van der Waals surface area contributed by atoms with E-state index in [2.05, 4.69) is 24.4 Å². The van der Waals surface area contributed by atoms with E-state index < -0.39 is 0 Å². The van der Waals surface area contributed by atoms with Crippen molar-refractivity contribution in [2.45, 2.75) is 32.2 Å². The zero-order chi connectivity index (χ0) is 16.2. The van der Waals surface area contributed by atoms with Crippen molar-refractivity contribution in [2.75, 3.05) is 20.1 Å². The van der Waals surface area contributed by atoms with Gasteiger partial charge in [0.15, 0.2) is 5.76 Å². The lowest BCUT2D eigenvalue weighted by molar-refractivity contribution is 0.0672. The molecular weight excluding hydrogens is 324 g/mol. The van der Waals surface area contributed by atoms with Gasteiger partial charge in [-0.3, -0.25) is 4.79 Å². The number of piperidine rings is 1. The number of hydrogen-bond acceptors (Lipinski definition) is 3. The molecule has 2 aromatic rings. The summed E-state index contributed by atoms with van der Waals surface area (Å²) in [5.41, 5.74) is 2.30. The molecule has 0 saturated carbocycles. The first-order chi connectivity index (χ1) is 11.2. The Kier molecular flexibility index (Phi) is 6.46. The summed E-state index contributed by atoms with van der Waals surface area (Å²) in [4.78, 5) is 14.4. The Morgan fingerprint density at radius 2 is 1.83 bits per heavy atom. The van der Waals surface area contributed by atoms with Crippen molar-refractivity contribution in [1.29, 1.82) is 0 Å². The lowest BCUT2D eigenvalue weighted by atomic mass is 10.1. The number of nitrogens with zero attached hydrogens (tertiary/aromatic N) is 1. The van der Waals surface area contributed by atoms with Crippen molar-refractivity contribution in [3.05, 3.63) is 47.7 Å². The van der Waals surface area contributed by atoms with Gasteiger partial charge in [-0.1, -0.05) is 31.2 Å². The summed E-state index contributed by atoms with van der Waals surface area (Å²) < 4.78 is 5.81. The topological polar surface area (TPSA) is 45.5 Å². The smallest absolute Gasteiger partial charge is 0.289 e.